The van der Waals surface area contributed by atoms with E-state index in [4.69, 9.17) is 15.2 Å². The van der Waals surface area contributed by atoms with Gasteiger partial charge >= 0.3 is 0 Å². The maximum Gasteiger partial charge on any atom is 0.142 e. The zero-order chi connectivity index (χ0) is 20.6. The summed E-state index contributed by atoms with van der Waals surface area (Å²) in [7, 11) is 0. The number of rotatable bonds is 8. The Labute approximate surface area is 173 Å². The van der Waals surface area contributed by atoms with Crippen LogP contribution in [0.2, 0.25) is 0 Å². The number of ether oxygens (including phenoxy) is 2. The third-order valence-electron chi connectivity index (χ3n) is 5.18. The lowest BCUT2D eigenvalue weighted by Gasteiger charge is -2.26. The van der Waals surface area contributed by atoms with E-state index in [1.165, 1.54) is 0 Å². The lowest BCUT2D eigenvalue weighted by atomic mass is 9.97. The summed E-state index contributed by atoms with van der Waals surface area (Å²) in [6.45, 7) is 9.54. The van der Waals surface area contributed by atoms with E-state index in [-0.39, 0.29) is 11.7 Å². The number of pyridine rings is 1. The molecule has 6 heteroatoms. The quantitative estimate of drug-likeness (QED) is 0.685. The number of unbranched alkanes of at least 4 members (excludes halogenated alkanes) is 1. The van der Waals surface area contributed by atoms with Crippen molar-refractivity contribution < 1.29 is 9.47 Å². The molecule has 1 aliphatic rings. The minimum atomic E-state index is 0.220. The molecule has 3 rings (SSSR count). The molecule has 1 aromatic carbocycles. The predicted molar refractivity (Wildman–Crippen MR) is 115 cm³/mol. The van der Waals surface area contributed by atoms with Crippen molar-refractivity contribution in [3.8, 4) is 22.9 Å². The molecule has 0 spiro atoms. The van der Waals surface area contributed by atoms with Gasteiger partial charge in [-0.2, -0.15) is 5.26 Å². The topological polar surface area (TPSA) is 84.4 Å². The van der Waals surface area contributed by atoms with Crippen LogP contribution in [0, 0.1) is 11.3 Å². The van der Waals surface area contributed by atoms with E-state index in [9.17, 15) is 5.26 Å². The molecule has 154 valence electrons. The van der Waals surface area contributed by atoms with Gasteiger partial charge < -0.3 is 15.2 Å². The molecular formula is C23H30N4O2. The van der Waals surface area contributed by atoms with E-state index in [1.807, 2.05) is 30.3 Å². The average Bonchev–Trinajstić information content (AvgIpc) is 2.74. The first-order valence-electron chi connectivity index (χ1n) is 10.3. The molecule has 0 saturated carbocycles. The third-order valence-corrected chi connectivity index (χ3v) is 5.18. The number of benzene rings is 1. The van der Waals surface area contributed by atoms with E-state index in [0.29, 0.717) is 12.2 Å². The van der Waals surface area contributed by atoms with E-state index in [2.05, 4.69) is 29.8 Å². The van der Waals surface area contributed by atoms with E-state index >= 15 is 0 Å². The van der Waals surface area contributed by atoms with Gasteiger partial charge in [-0.05, 0) is 37.4 Å². The number of morpholine rings is 1. The fourth-order valence-corrected chi connectivity index (χ4v) is 3.47. The second-order valence-corrected chi connectivity index (χ2v) is 7.63. The molecule has 2 N–H and O–H groups in total. The first kappa shape index (κ1) is 21.1. The van der Waals surface area contributed by atoms with Crippen molar-refractivity contribution in [1.29, 1.82) is 5.26 Å². The average molecular weight is 395 g/mol. The molecule has 2 aromatic rings. The van der Waals surface area contributed by atoms with Gasteiger partial charge in [0.15, 0.2) is 0 Å². The van der Waals surface area contributed by atoms with Crippen molar-refractivity contribution in [3.05, 3.63) is 41.6 Å². The number of nitriles is 1. The molecule has 0 radical (unpaired) electrons. The van der Waals surface area contributed by atoms with Gasteiger partial charge in [-0.25, -0.2) is 4.98 Å². The molecule has 1 saturated heterocycles. The molecule has 29 heavy (non-hydrogen) atoms. The number of aromatic nitrogens is 1. The zero-order valence-electron chi connectivity index (χ0n) is 17.4. The fraction of sp³-hybridized carbons (Fsp3) is 0.478. The highest BCUT2D eigenvalue weighted by atomic mass is 16.5. The van der Waals surface area contributed by atoms with Crippen molar-refractivity contribution in [2.75, 3.05) is 45.2 Å². The second-order valence-electron chi connectivity index (χ2n) is 7.63. The maximum atomic E-state index is 9.63. The summed E-state index contributed by atoms with van der Waals surface area (Å²) in [5.74, 6) is 1.27. The molecule has 0 bridgehead atoms. The van der Waals surface area contributed by atoms with Crippen LogP contribution in [-0.4, -0.2) is 49.3 Å². The highest BCUT2D eigenvalue weighted by Crippen LogP contribution is 2.35. The summed E-state index contributed by atoms with van der Waals surface area (Å²) >= 11 is 0. The van der Waals surface area contributed by atoms with Crippen molar-refractivity contribution >= 4 is 5.82 Å². The van der Waals surface area contributed by atoms with Gasteiger partial charge in [0.1, 0.15) is 23.2 Å². The Kier molecular flexibility index (Phi) is 7.45. The van der Waals surface area contributed by atoms with Gasteiger partial charge in [0, 0.05) is 29.9 Å². The first-order valence-corrected chi connectivity index (χ1v) is 10.3. The lowest BCUT2D eigenvalue weighted by molar-refractivity contribution is 0.0368. The van der Waals surface area contributed by atoms with Crippen LogP contribution >= 0.6 is 0 Å². The van der Waals surface area contributed by atoms with Crippen LogP contribution in [0.3, 0.4) is 0 Å². The molecule has 1 aromatic heterocycles. The van der Waals surface area contributed by atoms with Crippen molar-refractivity contribution in [2.45, 2.75) is 32.6 Å². The van der Waals surface area contributed by atoms with Crippen LogP contribution in [-0.2, 0) is 4.74 Å². The Balaban J connectivity index is 1.70. The van der Waals surface area contributed by atoms with Crippen LogP contribution in [0.25, 0.3) is 11.1 Å². The Hall–Kier alpha value is -2.62. The van der Waals surface area contributed by atoms with Crippen molar-refractivity contribution in [1.82, 2.24) is 9.88 Å². The Morgan fingerprint density at radius 1 is 1.21 bits per heavy atom. The van der Waals surface area contributed by atoms with Crippen molar-refractivity contribution in [2.24, 2.45) is 0 Å². The fourth-order valence-electron chi connectivity index (χ4n) is 3.47. The molecule has 0 atom stereocenters. The Morgan fingerprint density at radius 3 is 2.69 bits per heavy atom. The second kappa shape index (κ2) is 10.2. The minimum absolute atomic E-state index is 0.220. The molecule has 6 nitrogen and oxygen atoms in total. The SMILES string of the molecule is CC(C)c1cc(-c2ccccc2OCCCCN2CCOCC2)c(C#N)c(N)n1. The normalized spacial score (nSPS) is 14.7. The summed E-state index contributed by atoms with van der Waals surface area (Å²) in [4.78, 5) is 6.83. The third kappa shape index (κ3) is 5.47. The van der Waals surface area contributed by atoms with Crippen LogP contribution in [0.15, 0.2) is 30.3 Å². The maximum absolute atomic E-state index is 9.63. The Bertz CT molecular complexity index is 854. The standard InChI is InChI=1S/C23H30N4O2/c1-17(2)21-15-19(20(16-24)23(25)26-21)18-7-3-4-8-22(18)29-12-6-5-9-27-10-13-28-14-11-27/h3-4,7-8,15,17H,5-6,9-14H2,1-2H3,(H2,25,26). The zero-order valence-corrected chi connectivity index (χ0v) is 17.4. The summed E-state index contributed by atoms with van der Waals surface area (Å²) < 4.78 is 11.5. The van der Waals surface area contributed by atoms with Crippen LogP contribution in [0.1, 0.15) is 43.9 Å². The molecule has 1 aliphatic heterocycles. The molecule has 0 amide bonds. The predicted octanol–water partition coefficient (Wildman–Crippen LogP) is 3.82. The molecule has 1 fully saturated rings. The van der Waals surface area contributed by atoms with Gasteiger partial charge in [0.2, 0.25) is 0 Å². The van der Waals surface area contributed by atoms with Gasteiger partial charge in [-0.15, -0.1) is 0 Å². The minimum Gasteiger partial charge on any atom is -0.493 e. The van der Waals surface area contributed by atoms with E-state index < -0.39 is 0 Å². The number of nitrogen functional groups attached to an aromatic ring is 1. The molecule has 0 unspecified atom stereocenters. The smallest absolute Gasteiger partial charge is 0.142 e. The van der Waals surface area contributed by atoms with Crippen LogP contribution < -0.4 is 10.5 Å². The highest BCUT2D eigenvalue weighted by Gasteiger charge is 2.17. The lowest BCUT2D eigenvalue weighted by Crippen LogP contribution is -2.36. The summed E-state index contributed by atoms with van der Waals surface area (Å²) in [5, 5.41) is 9.63. The number of anilines is 1. The van der Waals surface area contributed by atoms with Gasteiger partial charge in [0.25, 0.3) is 0 Å². The van der Waals surface area contributed by atoms with Gasteiger partial charge in [-0.3, -0.25) is 4.90 Å². The molecular weight excluding hydrogens is 364 g/mol. The number of nitrogens with zero attached hydrogens (tertiary/aromatic N) is 3. The number of hydrogen-bond donors (Lipinski definition) is 1. The first-order chi connectivity index (χ1) is 14.1. The van der Waals surface area contributed by atoms with E-state index in [0.717, 1.165) is 68.3 Å². The van der Waals surface area contributed by atoms with Crippen LogP contribution in [0.5, 0.6) is 5.75 Å². The molecule has 0 aliphatic carbocycles. The van der Waals surface area contributed by atoms with Crippen LogP contribution in [0.4, 0.5) is 5.82 Å². The number of nitrogens with two attached hydrogens (primary N) is 1. The Morgan fingerprint density at radius 2 is 1.97 bits per heavy atom. The summed E-state index contributed by atoms with van der Waals surface area (Å²) in [6.07, 6.45) is 2.07. The van der Waals surface area contributed by atoms with Crippen molar-refractivity contribution in [3.63, 3.8) is 0 Å². The number of para-hydroxylation sites is 1. The summed E-state index contributed by atoms with van der Waals surface area (Å²) in [5.41, 5.74) is 9.02. The van der Waals surface area contributed by atoms with Gasteiger partial charge in [0.05, 0.1) is 19.8 Å². The largest absolute Gasteiger partial charge is 0.493 e. The monoisotopic (exact) mass is 394 g/mol. The molecule has 2 heterocycles. The number of hydrogen-bond acceptors (Lipinski definition) is 6. The van der Waals surface area contributed by atoms with Gasteiger partial charge in [-0.1, -0.05) is 32.0 Å². The highest BCUT2D eigenvalue weighted by molar-refractivity contribution is 5.79. The summed E-state index contributed by atoms with van der Waals surface area (Å²) in [6, 6.07) is 12.0. The van der Waals surface area contributed by atoms with E-state index in [1.54, 1.807) is 0 Å².